The number of carbonyl (C=O) groups excluding carboxylic acids is 4. The summed E-state index contributed by atoms with van der Waals surface area (Å²) in [6.07, 6.45) is 1.33. The number of nitrogens with one attached hydrogen (secondary N) is 2. The molecule has 2 N–H and O–H groups in total. The quantitative estimate of drug-likeness (QED) is 0.280. The fraction of sp³-hybridized carbons (Fsp3) is 0.556. The van der Waals surface area contributed by atoms with E-state index < -0.39 is 47.3 Å². The van der Waals surface area contributed by atoms with Gasteiger partial charge in [-0.2, -0.15) is 0 Å². The van der Waals surface area contributed by atoms with Crippen molar-refractivity contribution in [1.82, 2.24) is 15.5 Å². The first-order chi connectivity index (χ1) is 20.9. The Bertz CT molecular complexity index is 1320. The fourth-order valence-electron chi connectivity index (χ4n) is 5.17. The molecule has 2 aromatic carbocycles. The van der Waals surface area contributed by atoms with Gasteiger partial charge < -0.3 is 25.0 Å². The average Bonchev–Trinajstić information content (AvgIpc) is 3.74. The third-order valence-electron chi connectivity index (χ3n) is 7.19. The van der Waals surface area contributed by atoms with Gasteiger partial charge in [-0.05, 0) is 90.3 Å². The van der Waals surface area contributed by atoms with Crippen LogP contribution in [0.2, 0.25) is 0 Å². The summed E-state index contributed by atoms with van der Waals surface area (Å²) in [6, 6.07) is 13.7. The summed E-state index contributed by atoms with van der Waals surface area (Å²) < 4.78 is 11.2. The molecular weight excluding hydrogens is 570 g/mol. The highest BCUT2D eigenvalue weighted by molar-refractivity contribution is 5.94. The van der Waals surface area contributed by atoms with Crippen LogP contribution in [0.5, 0.6) is 0 Å². The Kier molecular flexibility index (Phi) is 11.8. The summed E-state index contributed by atoms with van der Waals surface area (Å²) in [4.78, 5) is 56.9. The lowest BCUT2D eigenvalue weighted by molar-refractivity contribution is -0.159. The van der Waals surface area contributed by atoms with Crippen molar-refractivity contribution in [2.24, 2.45) is 5.92 Å². The maximum atomic E-state index is 14.5. The first kappa shape index (κ1) is 35.6. The summed E-state index contributed by atoms with van der Waals surface area (Å²) >= 11 is 0. The number of carbonyl (C=O) groups is 4. The summed E-state index contributed by atoms with van der Waals surface area (Å²) in [5.41, 5.74) is 0.825. The van der Waals surface area contributed by atoms with Crippen molar-refractivity contribution < 1.29 is 28.7 Å². The smallest absolute Gasteiger partial charge is 0.408 e. The number of nitrogens with zero attached hydrogens (tertiary/aromatic N) is 1. The molecule has 0 bridgehead atoms. The van der Waals surface area contributed by atoms with E-state index in [0.29, 0.717) is 12.0 Å². The number of benzene rings is 2. The number of rotatable bonds is 12. The van der Waals surface area contributed by atoms with Crippen molar-refractivity contribution >= 4 is 23.9 Å². The van der Waals surface area contributed by atoms with Crippen LogP contribution in [0.3, 0.4) is 0 Å². The van der Waals surface area contributed by atoms with Crippen LogP contribution in [0.15, 0.2) is 54.6 Å². The number of hydrogen-bond acceptors (Lipinski definition) is 6. The van der Waals surface area contributed by atoms with Crippen molar-refractivity contribution in [1.29, 1.82) is 0 Å². The molecule has 1 aliphatic carbocycles. The van der Waals surface area contributed by atoms with Crippen LogP contribution in [0.25, 0.3) is 0 Å². The zero-order chi connectivity index (χ0) is 33.5. The predicted octanol–water partition coefficient (Wildman–Crippen LogP) is 6.04. The molecule has 0 saturated heterocycles. The van der Waals surface area contributed by atoms with E-state index in [-0.39, 0.29) is 24.3 Å². The van der Waals surface area contributed by atoms with Crippen molar-refractivity contribution in [2.45, 2.75) is 123 Å². The second kappa shape index (κ2) is 14.9. The van der Waals surface area contributed by atoms with Crippen molar-refractivity contribution in [3.05, 3.63) is 71.3 Å². The highest BCUT2D eigenvalue weighted by Crippen LogP contribution is 2.37. The van der Waals surface area contributed by atoms with E-state index >= 15 is 0 Å². The van der Waals surface area contributed by atoms with Gasteiger partial charge in [0.1, 0.15) is 29.3 Å². The first-order valence-corrected chi connectivity index (χ1v) is 15.9. The third kappa shape index (κ3) is 11.2. The molecule has 45 heavy (non-hydrogen) atoms. The Morgan fingerprint density at radius 1 is 0.822 bits per heavy atom. The number of amides is 3. The molecule has 9 heteroatoms. The van der Waals surface area contributed by atoms with Gasteiger partial charge in [0.15, 0.2) is 0 Å². The maximum absolute atomic E-state index is 14.5. The second-order valence-electron chi connectivity index (χ2n) is 14.3. The van der Waals surface area contributed by atoms with Crippen molar-refractivity contribution in [3.63, 3.8) is 0 Å². The number of ether oxygens (including phenoxy) is 2. The van der Waals surface area contributed by atoms with Crippen LogP contribution in [-0.4, -0.2) is 58.1 Å². The van der Waals surface area contributed by atoms with Gasteiger partial charge in [-0.25, -0.2) is 9.59 Å². The Morgan fingerprint density at radius 2 is 1.40 bits per heavy atom. The highest BCUT2D eigenvalue weighted by Gasteiger charge is 2.45. The van der Waals surface area contributed by atoms with Gasteiger partial charge in [-0.15, -0.1) is 0 Å². The molecule has 9 nitrogen and oxygen atoms in total. The van der Waals surface area contributed by atoms with Crippen LogP contribution in [0.4, 0.5) is 4.79 Å². The summed E-state index contributed by atoms with van der Waals surface area (Å²) in [5, 5.41) is 5.75. The van der Waals surface area contributed by atoms with Crippen LogP contribution in [-0.2, 0) is 30.3 Å². The molecule has 0 heterocycles. The van der Waals surface area contributed by atoms with Gasteiger partial charge in [0, 0.05) is 12.5 Å². The Hall–Kier alpha value is -3.88. The minimum Gasteiger partial charge on any atom is -0.458 e. The summed E-state index contributed by atoms with van der Waals surface area (Å²) in [5.74, 6) is -1.34. The van der Waals surface area contributed by atoms with Gasteiger partial charge in [-0.1, -0.05) is 68.4 Å². The molecular formula is C36H51N3O6. The zero-order valence-electron chi connectivity index (χ0n) is 28.3. The minimum absolute atomic E-state index is 0.0723. The van der Waals surface area contributed by atoms with E-state index in [9.17, 15) is 19.2 Å². The van der Waals surface area contributed by atoms with Crippen LogP contribution in [0, 0.1) is 12.8 Å². The number of alkyl carbamates (subject to hydrolysis) is 1. The van der Waals surface area contributed by atoms with E-state index in [1.54, 1.807) is 46.4 Å². The molecule has 1 aliphatic rings. The van der Waals surface area contributed by atoms with Crippen molar-refractivity contribution in [3.8, 4) is 0 Å². The minimum atomic E-state index is -1.04. The van der Waals surface area contributed by atoms with Crippen LogP contribution < -0.4 is 10.6 Å². The fourth-order valence-corrected chi connectivity index (χ4v) is 5.17. The largest absolute Gasteiger partial charge is 0.458 e. The lowest BCUT2D eigenvalue weighted by Gasteiger charge is -2.36. The van der Waals surface area contributed by atoms with Crippen LogP contribution in [0.1, 0.15) is 97.4 Å². The number of aryl methyl sites for hydroxylation is 1. The molecule has 0 radical (unpaired) electrons. The van der Waals surface area contributed by atoms with Gasteiger partial charge >= 0.3 is 12.1 Å². The summed E-state index contributed by atoms with van der Waals surface area (Å²) in [7, 11) is 0. The topological polar surface area (TPSA) is 114 Å². The van der Waals surface area contributed by atoms with Gasteiger partial charge in [-0.3, -0.25) is 9.59 Å². The van der Waals surface area contributed by atoms with Gasteiger partial charge in [0.25, 0.3) is 0 Å². The summed E-state index contributed by atoms with van der Waals surface area (Å²) in [6.45, 7) is 16.5. The molecule has 246 valence electrons. The Morgan fingerprint density at radius 3 is 1.93 bits per heavy atom. The van der Waals surface area contributed by atoms with E-state index in [1.807, 2.05) is 75.4 Å². The standard InChI is InChI=1S/C36H51N3O6/c1-23(2)21-28(38-34(43)45-36(7,8)9)32(41)39(26-19-20-26)30(27-18-14-13-15-24(27)3)31(40)37-29(33(42)44-35(4,5)6)22-25-16-11-10-12-17-25/h10-18,23,26,28-30H,19-22H2,1-9H3,(H,37,40)(H,38,43). The average molecular weight is 622 g/mol. The van der Waals surface area contributed by atoms with Crippen molar-refractivity contribution in [2.75, 3.05) is 0 Å². The predicted molar refractivity (Wildman–Crippen MR) is 174 cm³/mol. The Labute approximate surface area is 268 Å². The molecule has 3 amide bonds. The maximum Gasteiger partial charge on any atom is 0.408 e. The molecule has 1 fully saturated rings. The van der Waals surface area contributed by atoms with Gasteiger partial charge in [0.05, 0.1) is 0 Å². The molecule has 1 saturated carbocycles. The van der Waals surface area contributed by atoms with E-state index in [4.69, 9.17) is 9.47 Å². The zero-order valence-corrected chi connectivity index (χ0v) is 28.3. The van der Waals surface area contributed by atoms with Gasteiger partial charge in [0.2, 0.25) is 11.8 Å². The van der Waals surface area contributed by atoms with E-state index in [2.05, 4.69) is 10.6 Å². The number of hydrogen-bond donors (Lipinski definition) is 2. The lowest BCUT2D eigenvalue weighted by atomic mass is 9.95. The van der Waals surface area contributed by atoms with E-state index in [0.717, 1.165) is 24.0 Å². The molecule has 3 atom stereocenters. The number of esters is 1. The highest BCUT2D eigenvalue weighted by atomic mass is 16.6. The molecule has 2 aromatic rings. The molecule has 3 rings (SSSR count). The molecule has 3 unspecified atom stereocenters. The van der Waals surface area contributed by atoms with E-state index in [1.165, 1.54) is 0 Å². The third-order valence-corrected chi connectivity index (χ3v) is 7.19. The molecule has 0 spiro atoms. The normalized spacial score (nSPS) is 15.4. The first-order valence-electron chi connectivity index (χ1n) is 15.9. The Balaban J connectivity index is 2.04. The molecule has 0 aliphatic heterocycles. The van der Waals surface area contributed by atoms with Crippen LogP contribution >= 0.6 is 0 Å². The SMILES string of the molecule is Cc1ccccc1C(C(=O)NC(Cc1ccccc1)C(=O)OC(C)(C)C)N(C(=O)C(CC(C)C)NC(=O)OC(C)(C)C)C1CC1. The second-order valence-corrected chi connectivity index (χ2v) is 14.3. The molecule has 0 aromatic heterocycles. The lowest BCUT2D eigenvalue weighted by Crippen LogP contribution is -2.56. The monoisotopic (exact) mass is 621 g/mol.